The van der Waals surface area contributed by atoms with Crippen molar-refractivity contribution in [1.29, 1.82) is 0 Å². The first kappa shape index (κ1) is 15.0. The first-order valence-electron chi connectivity index (χ1n) is 6.73. The predicted octanol–water partition coefficient (Wildman–Crippen LogP) is 2.77. The Morgan fingerprint density at radius 3 is 2.71 bits per heavy atom. The lowest BCUT2D eigenvalue weighted by molar-refractivity contribution is 0.0600. The summed E-state index contributed by atoms with van der Waals surface area (Å²) in [7, 11) is 3.31. The highest BCUT2D eigenvalue weighted by Gasteiger charge is 2.17. The first-order valence-corrected chi connectivity index (χ1v) is 6.73. The molecule has 2 aromatic rings. The van der Waals surface area contributed by atoms with Crippen LogP contribution in [0.25, 0.3) is 0 Å². The molecule has 5 nitrogen and oxygen atoms in total. The fourth-order valence-electron chi connectivity index (χ4n) is 2.09. The van der Waals surface area contributed by atoms with Gasteiger partial charge in [-0.1, -0.05) is 6.07 Å². The monoisotopic (exact) mass is 285 g/mol. The molecule has 5 heteroatoms. The Bertz CT molecular complexity index is 629. The van der Waals surface area contributed by atoms with Crippen LogP contribution in [-0.4, -0.2) is 30.1 Å². The molecule has 1 unspecified atom stereocenters. The molecule has 0 fully saturated rings. The molecule has 0 amide bonds. The van der Waals surface area contributed by atoms with Gasteiger partial charge in [-0.15, -0.1) is 0 Å². The molecule has 2 rings (SSSR count). The standard InChI is InChI=1S/C16H19N3O2/c1-11-9-13(16(20)21-4)10-15(18-11)19(3)12(2)14-7-5-6-8-17-14/h5-10,12H,1-4H3. The lowest BCUT2D eigenvalue weighted by Gasteiger charge is -2.26. The molecule has 0 spiro atoms. The number of anilines is 1. The number of aromatic nitrogens is 2. The van der Waals surface area contributed by atoms with Gasteiger partial charge in [-0.3, -0.25) is 4.98 Å². The molecule has 0 saturated heterocycles. The number of esters is 1. The van der Waals surface area contributed by atoms with Gasteiger partial charge in [-0.05, 0) is 38.1 Å². The summed E-state index contributed by atoms with van der Waals surface area (Å²) >= 11 is 0. The van der Waals surface area contributed by atoms with Crippen molar-refractivity contribution in [2.75, 3.05) is 19.1 Å². The van der Waals surface area contributed by atoms with E-state index in [1.54, 1.807) is 18.3 Å². The van der Waals surface area contributed by atoms with Crippen molar-refractivity contribution in [2.45, 2.75) is 19.9 Å². The number of nitrogens with zero attached hydrogens (tertiary/aromatic N) is 3. The average Bonchev–Trinajstić information content (AvgIpc) is 2.52. The van der Waals surface area contributed by atoms with Gasteiger partial charge >= 0.3 is 5.97 Å². The van der Waals surface area contributed by atoms with Gasteiger partial charge < -0.3 is 9.64 Å². The lowest BCUT2D eigenvalue weighted by atomic mass is 10.1. The molecule has 0 aromatic carbocycles. The van der Waals surface area contributed by atoms with Crippen LogP contribution in [0.1, 0.15) is 34.7 Å². The van der Waals surface area contributed by atoms with Crippen LogP contribution < -0.4 is 4.90 Å². The maximum atomic E-state index is 11.7. The summed E-state index contributed by atoms with van der Waals surface area (Å²) < 4.78 is 4.77. The molecule has 0 N–H and O–H groups in total. The second kappa shape index (κ2) is 6.35. The van der Waals surface area contributed by atoms with E-state index in [-0.39, 0.29) is 12.0 Å². The molecule has 2 heterocycles. The Morgan fingerprint density at radius 2 is 2.10 bits per heavy atom. The third-order valence-electron chi connectivity index (χ3n) is 3.42. The van der Waals surface area contributed by atoms with Crippen molar-refractivity contribution < 1.29 is 9.53 Å². The van der Waals surface area contributed by atoms with Crippen LogP contribution in [0.5, 0.6) is 0 Å². The normalized spacial score (nSPS) is 11.8. The second-order valence-corrected chi connectivity index (χ2v) is 4.89. The number of carbonyl (C=O) groups is 1. The van der Waals surface area contributed by atoms with Crippen LogP contribution >= 0.6 is 0 Å². The van der Waals surface area contributed by atoms with E-state index >= 15 is 0 Å². The van der Waals surface area contributed by atoms with Gasteiger partial charge in [0.1, 0.15) is 5.82 Å². The minimum absolute atomic E-state index is 0.0472. The highest BCUT2D eigenvalue weighted by atomic mass is 16.5. The van der Waals surface area contributed by atoms with Crippen LogP contribution in [0.15, 0.2) is 36.5 Å². The Morgan fingerprint density at radius 1 is 1.33 bits per heavy atom. The van der Waals surface area contributed by atoms with E-state index in [1.807, 2.05) is 44.0 Å². The molecule has 0 aliphatic heterocycles. The van der Waals surface area contributed by atoms with Gasteiger partial charge in [-0.25, -0.2) is 9.78 Å². The van der Waals surface area contributed by atoms with Crippen molar-refractivity contribution >= 4 is 11.8 Å². The van der Waals surface area contributed by atoms with E-state index < -0.39 is 0 Å². The van der Waals surface area contributed by atoms with Gasteiger partial charge in [0.15, 0.2) is 0 Å². The lowest BCUT2D eigenvalue weighted by Crippen LogP contribution is -2.24. The van der Waals surface area contributed by atoms with E-state index in [0.29, 0.717) is 11.4 Å². The third-order valence-corrected chi connectivity index (χ3v) is 3.42. The van der Waals surface area contributed by atoms with E-state index in [2.05, 4.69) is 9.97 Å². The van der Waals surface area contributed by atoms with E-state index in [4.69, 9.17) is 4.74 Å². The van der Waals surface area contributed by atoms with Crippen molar-refractivity contribution in [3.05, 3.63) is 53.5 Å². The summed E-state index contributed by atoms with van der Waals surface area (Å²) in [5.74, 6) is 0.356. The summed E-state index contributed by atoms with van der Waals surface area (Å²) in [5.41, 5.74) is 2.22. The number of hydrogen-bond acceptors (Lipinski definition) is 5. The third kappa shape index (κ3) is 3.37. The summed E-state index contributed by atoms with van der Waals surface area (Å²) in [6.45, 7) is 3.90. The number of ether oxygens (including phenoxy) is 1. The number of methoxy groups -OCH3 is 1. The number of carbonyl (C=O) groups excluding carboxylic acids is 1. The Labute approximate surface area is 124 Å². The van der Waals surface area contributed by atoms with Crippen LogP contribution in [0.2, 0.25) is 0 Å². The van der Waals surface area contributed by atoms with Crippen LogP contribution in [0, 0.1) is 6.92 Å². The van der Waals surface area contributed by atoms with Gasteiger partial charge in [0.2, 0.25) is 0 Å². The Balaban J connectivity index is 2.32. The quantitative estimate of drug-likeness (QED) is 0.808. The van der Waals surface area contributed by atoms with Crippen molar-refractivity contribution in [2.24, 2.45) is 0 Å². The van der Waals surface area contributed by atoms with Crippen molar-refractivity contribution in [1.82, 2.24) is 9.97 Å². The summed E-state index contributed by atoms with van der Waals surface area (Å²) in [6, 6.07) is 9.31. The molecule has 0 radical (unpaired) electrons. The number of rotatable bonds is 4. The number of aryl methyl sites for hydroxylation is 1. The number of hydrogen-bond donors (Lipinski definition) is 0. The minimum Gasteiger partial charge on any atom is -0.465 e. The molecule has 0 bridgehead atoms. The maximum absolute atomic E-state index is 11.7. The molecule has 2 aromatic heterocycles. The fraction of sp³-hybridized carbons (Fsp3) is 0.312. The Hall–Kier alpha value is -2.43. The predicted molar refractivity (Wildman–Crippen MR) is 81.4 cm³/mol. The molecule has 1 atom stereocenters. The highest BCUT2D eigenvalue weighted by molar-refractivity contribution is 5.90. The van der Waals surface area contributed by atoms with Crippen LogP contribution in [-0.2, 0) is 4.74 Å². The van der Waals surface area contributed by atoms with E-state index in [0.717, 1.165) is 11.4 Å². The number of pyridine rings is 2. The molecule has 0 aliphatic rings. The smallest absolute Gasteiger partial charge is 0.338 e. The van der Waals surface area contributed by atoms with Gasteiger partial charge in [-0.2, -0.15) is 0 Å². The summed E-state index contributed by atoms with van der Waals surface area (Å²) in [6.07, 6.45) is 1.77. The van der Waals surface area contributed by atoms with E-state index in [1.165, 1.54) is 7.11 Å². The molecular weight excluding hydrogens is 266 g/mol. The first-order chi connectivity index (χ1) is 10.0. The van der Waals surface area contributed by atoms with Crippen LogP contribution in [0.3, 0.4) is 0 Å². The SMILES string of the molecule is COC(=O)c1cc(C)nc(N(C)C(C)c2ccccn2)c1. The molecular formula is C16H19N3O2. The van der Waals surface area contributed by atoms with Crippen molar-refractivity contribution in [3.63, 3.8) is 0 Å². The topological polar surface area (TPSA) is 55.3 Å². The summed E-state index contributed by atoms with van der Waals surface area (Å²) in [4.78, 5) is 22.5. The molecule has 0 aliphatic carbocycles. The zero-order valence-electron chi connectivity index (χ0n) is 12.7. The van der Waals surface area contributed by atoms with Crippen molar-refractivity contribution in [3.8, 4) is 0 Å². The van der Waals surface area contributed by atoms with Gasteiger partial charge in [0.05, 0.1) is 24.4 Å². The zero-order chi connectivity index (χ0) is 15.4. The zero-order valence-corrected chi connectivity index (χ0v) is 12.7. The van der Waals surface area contributed by atoms with E-state index in [9.17, 15) is 4.79 Å². The largest absolute Gasteiger partial charge is 0.465 e. The molecule has 110 valence electrons. The van der Waals surface area contributed by atoms with Gasteiger partial charge in [0, 0.05) is 18.9 Å². The minimum atomic E-state index is -0.361. The average molecular weight is 285 g/mol. The van der Waals surface area contributed by atoms with Gasteiger partial charge in [0.25, 0.3) is 0 Å². The second-order valence-electron chi connectivity index (χ2n) is 4.89. The Kier molecular flexibility index (Phi) is 4.52. The highest BCUT2D eigenvalue weighted by Crippen LogP contribution is 2.23. The molecule has 0 saturated carbocycles. The fourth-order valence-corrected chi connectivity index (χ4v) is 2.09. The maximum Gasteiger partial charge on any atom is 0.338 e. The summed E-state index contributed by atoms with van der Waals surface area (Å²) in [5, 5.41) is 0. The van der Waals surface area contributed by atoms with Crippen LogP contribution in [0.4, 0.5) is 5.82 Å². The molecule has 21 heavy (non-hydrogen) atoms.